The Morgan fingerprint density at radius 1 is 1.40 bits per heavy atom. The summed E-state index contributed by atoms with van der Waals surface area (Å²) in [6, 6.07) is 8.65. The van der Waals surface area contributed by atoms with E-state index < -0.39 is 0 Å². The number of alkyl halides is 1. The summed E-state index contributed by atoms with van der Waals surface area (Å²) in [7, 11) is 0. The molecular formula is C17H22ClNS. The van der Waals surface area contributed by atoms with Crippen molar-refractivity contribution in [1.82, 2.24) is 5.32 Å². The topological polar surface area (TPSA) is 12.0 Å². The second kappa shape index (κ2) is 6.05. The standard InChI is InChI=1S/C17H22ClNS/c1-13-5-4-8-17(9-13,12-18)19-10-14-11-20-16-7-3-2-6-15(14)16/h2-3,6-7,11,13,19H,4-5,8-10,12H2,1H3. The van der Waals surface area contributed by atoms with Crippen molar-refractivity contribution in [3.8, 4) is 0 Å². The number of nitrogens with one attached hydrogen (secondary N) is 1. The molecule has 2 unspecified atom stereocenters. The van der Waals surface area contributed by atoms with Crippen LogP contribution in [0.4, 0.5) is 0 Å². The quantitative estimate of drug-likeness (QED) is 0.768. The van der Waals surface area contributed by atoms with Gasteiger partial charge in [0.05, 0.1) is 0 Å². The monoisotopic (exact) mass is 307 g/mol. The van der Waals surface area contributed by atoms with E-state index in [1.807, 2.05) is 11.3 Å². The molecule has 1 aromatic carbocycles. The van der Waals surface area contributed by atoms with Gasteiger partial charge in [-0.2, -0.15) is 0 Å². The molecule has 0 aliphatic heterocycles. The van der Waals surface area contributed by atoms with E-state index in [0.717, 1.165) is 18.3 Å². The number of rotatable bonds is 4. The summed E-state index contributed by atoms with van der Waals surface area (Å²) in [6.07, 6.45) is 5.06. The highest BCUT2D eigenvalue weighted by Gasteiger charge is 2.33. The second-order valence-corrected chi connectivity index (χ2v) is 7.40. The third kappa shape index (κ3) is 2.88. The summed E-state index contributed by atoms with van der Waals surface area (Å²) < 4.78 is 1.38. The van der Waals surface area contributed by atoms with Gasteiger partial charge in [-0.05, 0) is 41.2 Å². The van der Waals surface area contributed by atoms with Crippen molar-refractivity contribution in [3.63, 3.8) is 0 Å². The molecule has 0 radical (unpaired) electrons. The SMILES string of the molecule is CC1CCCC(CCl)(NCc2csc3ccccc23)C1. The van der Waals surface area contributed by atoms with Gasteiger partial charge < -0.3 is 5.32 Å². The molecule has 0 saturated heterocycles. The van der Waals surface area contributed by atoms with Crippen LogP contribution in [0.1, 0.15) is 38.2 Å². The summed E-state index contributed by atoms with van der Waals surface area (Å²) in [5.41, 5.74) is 1.55. The summed E-state index contributed by atoms with van der Waals surface area (Å²) >= 11 is 8.14. The first kappa shape index (κ1) is 14.4. The Kier molecular flexibility index (Phi) is 4.34. The first-order chi connectivity index (χ1) is 9.72. The molecule has 1 heterocycles. The highest BCUT2D eigenvalue weighted by atomic mass is 35.5. The largest absolute Gasteiger partial charge is 0.306 e. The maximum absolute atomic E-state index is 6.30. The maximum atomic E-state index is 6.30. The minimum Gasteiger partial charge on any atom is -0.306 e. The van der Waals surface area contributed by atoms with Gasteiger partial charge in [-0.15, -0.1) is 22.9 Å². The molecule has 1 nitrogen and oxygen atoms in total. The summed E-state index contributed by atoms with van der Waals surface area (Å²) in [5.74, 6) is 1.51. The van der Waals surface area contributed by atoms with Crippen molar-refractivity contribution >= 4 is 33.0 Å². The second-order valence-electron chi connectivity index (χ2n) is 6.23. The number of thiophene rings is 1. The Morgan fingerprint density at radius 2 is 2.25 bits per heavy atom. The molecular weight excluding hydrogens is 286 g/mol. The van der Waals surface area contributed by atoms with Crippen LogP contribution in [0.15, 0.2) is 29.6 Å². The van der Waals surface area contributed by atoms with Crippen LogP contribution in [-0.4, -0.2) is 11.4 Å². The Balaban J connectivity index is 1.74. The summed E-state index contributed by atoms with van der Waals surface area (Å²) in [6.45, 7) is 3.28. The van der Waals surface area contributed by atoms with E-state index in [4.69, 9.17) is 11.6 Å². The highest BCUT2D eigenvalue weighted by Crippen LogP contribution is 2.34. The average Bonchev–Trinajstić information content (AvgIpc) is 2.88. The van der Waals surface area contributed by atoms with Crippen molar-refractivity contribution in [2.45, 2.75) is 44.7 Å². The van der Waals surface area contributed by atoms with Gasteiger partial charge in [-0.3, -0.25) is 0 Å². The van der Waals surface area contributed by atoms with Crippen LogP contribution in [0.3, 0.4) is 0 Å². The van der Waals surface area contributed by atoms with Gasteiger partial charge in [0.2, 0.25) is 0 Å². The summed E-state index contributed by atoms with van der Waals surface area (Å²) in [4.78, 5) is 0. The lowest BCUT2D eigenvalue weighted by atomic mass is 9.77. The van der Waals surface area contributed by atoms with Crippen LogP contribution in [0.5, 0.6) is 0 Å². The van der Waals surface area contributed by atoms with Gasteiger partial charge in [0.15, 0.2) is 0 Å². The van der Waals surface area contributed by atoms with E-state index in [-0.39, 0.29) is 5.54 Å². The van der Waals surface area contributed by atoms with Crippen molar-refractivity contribution in [3.05, 3.63) is 35.2 Å². The van der Waals surface area contributed by atoms with Crippen LogP contribution < -0.4 is 5.32 Å². The molecule has 2 atom stereocenters. The fraction of sp³-hybridized carbons (Fsp3) is 0.529. The van der Waals surface area contributed by atoms with Crippen molar-refractivity contribution in [2.24, 2.45) is 5.92 Å². The van der Waals surface area contributed by atoms with Crippen LogP contribution >= 0.6 is 22.9 Å². The van der Waals surface area contributed by atoms with E-state index in [1.165, 1.54) is 41.3 Å². The first-order valence-electron chi connectivity index (χ1n) is 7.48. The van der Waals surface area contributed by atoms with E-state index >= 15 is 0 Å². The number of benzene rings is 1. The molecule has 1 aromatic heterocycles. The maximum Gasteiger partial charge on any atom is 0.0406 e. The van der Waals surface area contributed by atoms with Crippen LogP contribution in [-0.2, 0) is 6.54 Å². The lowest BCUT2D eigenvalue weighted by Gasteiger charge is -2.39. The molecule has 1 N–H and O–H groups in total. The van der Waals surface area contributed by atoms with E-state index in [1.54, 1.807) is 0 Å². The van der Waals surface area contributed by atoms with Gasteiger partial charge in [0, 0.05) is 22.7 Å². The predicted molar refractivity (Wildman–Crippen MR) is 89.7 cm³/mol. The first-order valence-corrected chi connectivity index (χ1v) is 8.90. The van der Waals surface area contributed by atoms with E-state index in [2.05, 4.69) is 41.9 Å². The molecule has 1 fully saturated rings. The Morgan fingerprint density at radius 3 is 3.05 bits per heavy atom. The third-order valence-electron chi connectivity index (χ3n) is 4.56. The van der Waals surface area contributed by atoms with Gasteiger partial charge >= 0.3 is 0 Å². The molecule has 2 aromatic rings. The third-order valence-corrected chi connectivity index (χ3v) is 6.09. The van der Waals surface area contributed by atoms with Gasteiger partial charge in [0.1, 0.15) is 0 Å². The van der Waals surface area contributed by atoms with Crippen LogP contribution in [0, 0.1) is 5.92 Å². The Hall–Kier alpha value is -0.570. The van der Waals surface area contributed by atoms with Crippen LogP contribution in [0.25, 0.3) is 10.1 Å². The van der Waals surface area contributed by atoms with Crippen molar-refractivity contribution in [1.29, 1.82) is 0 Å². The zero-order valence-corrected chi connectivity index (χ0v) is 13.6. The smallest absolute Gasteiger partial charge is 0.0406 e. The van der Waals surface area contributed by atoms with Gasteiger partial charge in [-0.25, -0.2) is 0 Å². The molecule has 1 saturated carbocycles. The molecule has 0 bridgehead atoms. The molecule has 3 rings (SSSR count). The number of hydrogen-bond acceptors (Lipinski definition) is 2. The van der Waals surface area contributed by atoms with Crippen molar-refractivity contribution in [2.75, 3.05) is 5.88 Å². The number of hydrogen-bond donors (Lipinski definition) is 1. The highest BCUT2D eigenvalue weighted by molar-refractivity contribution is 7.17. The fourth-order valence-electron chi connectivity index (χ4n) is 3.44. The van der Waals surface area contributed by atoms with E-state index in [0.29, 0.717) is 0 Å². The fourth-order valence-corrected chi connectivity index (χ4v) is 4.74. The molecule has 3 heteroatoms. The zero-order valence-electron chi connectivity index (χ0n) is 12.0. The van der Waals surface area contributed by atoms with Crippen LogP contribution in [0.2, 0.25) is 0 Å². The molecule has 20 heavy (non-hydrogen) atoms. The lowest BCUT2D eigenvalue weighted by Crippen LogP contribution is -2.49. The number of fused-ring (bicyclic) bond motifs is 1. The Bertz CT molecular complexity index is 579. The lowest BCUT2D eigenvalue weighted by molar-refractivity contribution is 0.208. The minimum atomic E-state index is 0.141. The van der Waals surface area contributed by atoms with Crippen molar-refractivity contribution < 1.29 is 0 Å². The molecule has 108 valence electrons. The zero-order chi connectivity index (χ0) is 14.0. The number of halogens is 1. The molecule has 1 aliphatic carbocycles. The molecule has 0 spiro atoms. The average molecular weight is 308 g/mol. The minimum absolute atomic E-state index is 0.141. The van der Waals surface area contributed by atoms with E-state index in [9.17, 15) is 0 Å². The molecule has 1 aliphatic rings. The van der Waals surface area contributed by atoms with Gasteiger partial charge in [-0.1, -0.05) is 38.0 Å². The Labute approximate surface area is 130 Å². The predicted octanol–water partition coefficient (Wildman–Crippen LogP) is 5.18. The van der Waals surface area contributed by atoms with Gasteiger partial charge in [0.25, 0.3) is 0 Å². The summed E-state index contributed by atoms with van der Waals surface area (Å²) in [5, 5.41) is 7.46. The molecule has 0 amide bonds. The normalized spacial score (nSPS) is 27.0.